The molecular weight excluding hydrogens is 340 g/mol. The molecule has 1 aliphatic rings. The SMILES string of the molecule is CCOC(=O)N[C@@H]1CCN(c2nccc(-c3ccc4ccccc4c3)n2)C1. The Morgan fingerprint density at radius 2 is 2.07 bits per heavy atom. The van der Waals surface area contributed by atoms with Gasteiger partial charge in [0, 0.05) is 24.8 Å². The minimum Gasteiger partial charge on any atom is -0.450 e. The number of aromatic nitrogens is 2. The van der Waals surface area contributed by atoms with E-state index in [4.69, 9.17) is 9.72 Å². The van der Waals surface area contributed by atoms with E-state index in [0.29, 0.717) is 19.1 Å². The maximum Gasteiger partial charge on any atom is 0.407 e. The van der Waals surface area contributed by atoms with Crippen molar-refractivity contribution in [2.75, 3.05) is 24.6 Å². The number of nitrogens with zero attached hydrogens (tertiary/aromatic N) is 3. The second-order valence-corrected chi connectivity index (χ2v) is 6.60. The van der Waals surface area contributed by atoms with Crippen LogP contribution < -0.4 is 10.2 Å². The minimum absolute atomic E-state index is 0.0528. The molecule has 2 heterocycles. The zero-order valence-corrected chi connectivity index (χ0v) is 15.3. The molecule has 0 saturated carbocycles. The van der Waals surface area contributed by atoms with Crippen LogP contribution >= 0.6 is 0 Å². The van der Waals surface area contributed by atoms with Gasteiger partial charge < -0.3 is 15.0 Å². The van der Waals surface area contributed by atoms with Gasteiger partial charge in [0.1, 0.15) is 0 Å². The molecule has 6 heteroatoms. The van der Waals surface area contributed by atoms with Gasteiger partial charge in [-0.15, -0.1) is 0 Å². The van der Waals surface area contributed by atoms with Crippen molar-refractivity contribution < 1.29 is 9.53 Å². The lowest BCUT2D eigenvalue weighted by molar-refractivity contribution is 0.149. The molecule has 6 nitrogen and oxygen atoms in total. The molecule has 1 fully saturated rings. The predicted molar refractivity (Wildman–Crippen MR) is 106 cm³/mol. The Hall–Kier alpha value is -3.15. The zero-order valence-electron chi connectivity index (χ0n) is 15.3. The topological polar surface area (TPSA) is 67.3 Å². The van der Waals surface area contributed by atoms with Gasteiger partial charge in [-0.05, 0) is 36.2 Å². The monoisotopic (exact) mass is 362 g/mol. The van der Waals surface area contributed by atoms with E-state index in [0.717, 1.165) is 24.2 Å². The fourth-order valence-electron chi connectivity index (χ4n) is 3.41. The zero-order chi connectivity index (χ0) is 18.6. The number of amides is 1. The van der Waals surface area contributed by atoms with Crippen LogP contribution in [0.5, 0.6) is 0 Å². The first kappa shape index (κ1) is 17.3. The van der Waals surface area contributed by atoms with E-state index in [1.165, 1.54) is 10.8 Å². The molecule has 0 aliphatic carbocycles. The van der Waals surface area contributed by atoms with Crippen molar-refractivity contribution in [3.05, 3.63) is 54.7 Å². The molecule has 27 heavy (non-hydrogen) atoms. The van der Waals surface area contributed by atoms with Crippen LogP contribution in [0.1, 0.15) is 13.3 Å². The Bertz CT molecular complexity index is 960. The van der Waals surface area contributed by atoms with Gasteiger partial charge in [-0.1, -0.05) is 36.4 Å². The second-order valence-electron chi connectivity index (χ2n) is 6.60. The van der Waals surface area contributed by atoms with E-state index in [1.54, 1.807) is 13.1 Å². The van der Waals surface area contributed by atoms with Gasteiger partial charge >= 0.3 is 6.09 Å². The maximum absolute atomic E-state index is 11.6. The van der Waals surface area contributed by atoms with Crippen molar-refractivity contribution in [3.8, 4) is 11.3 Å². The van der Waals surface area contributed by atoms with Gasteiger partial charge in [0.25, 0.3) is 0 Å². The number of rotatable bonds is 4. The van der Waals surface area contributed by atoms with Crippen molar-refractivity contribution >= 4 is 22.8 Å². The number of anilines is 1. The van der Waals surface area contributed by atoms with E-state index < -0.39 is 0 Å². The molecule has 0 spiro atoms. The summed E-state index contributed by atoms with van der Waals surface area (Å²) in [4.78, 5) is 22.9. The van der Waals surface area contributed by atoms with Gasteiger partial charge in [0.15, 0.2) is 0 Å². The number of nitrogens with one attached hydrogen (secondary N) is 1. The van der Waals surface area contributed by atoms with E-state index in [-0.39, 0.29) is 12.1 Å². The molecular formula is C21H22N4O2. The van der Waals surface area contributed by atoms with Crippen molar-refractivity contribution in [3.63, 3.8) is 0 Å². The maximum atomic E-state index is 11.6. The Morgan fingerprint density at radius 3 is 2.93 bits per heavy atom. The Labute approximate surface area is 158 Å². The first-order valence-corrected chi connectivity index (χ1v) is 9.23. The van der Waals surface area contributed by atoms with E-state index in [1.807, 2.05) is 18.2 Å². The summed E-state index contributed by atoms with van der Waals surface area (Å²) in [6.45, 7) is 3.66. The highest BCUT2D eigenvalue weighted by Gasteiger charge is 2.26. The van der Waals surface area contributed by atoms with Crippen LogP contribution in [-0.4, -0.2) is 41.8 Å². The number of carbonyl (C=O) groups excluding carboxylic acids is 1. The first-order chi connectivity index (χ1) is 13.2. The molecule has 0 radical (unpaired) electrons. The predicted octanol–water partition coefficient (Wildman–Crippen LogP) is 3.62. The summed E-state index contributed by atoms with van der Waals surface area (Å²) in [6.07, 6.45) is 2.27. The van der Waals surface area contributed by atoms with Crippen LogP contribution in [0.15, 0.2) is 54.7 Å². The number of ether oxygens (including phenoxy) is 1. The number of carbonyl (C=O) groups is 1. The standard InChI is InChI=1S/C21H22N4O2/c1-2-27-21(26)23-18-10-12-25(14-18)20-22-11-9-19(24-20)17-8-7-15-5-3-4-6-16(15)13-17/h3-9,11,13,18H,2,10,12,14H2,1H3,(H,23,26)/t18-/m1/s1. The third kappa shape index (κ3) is 3.84. The summed E-state index contributed by atoms with van der Waals surface area (Å²) in [7, 11) is 0. The lowest BCUT2D eigenvalue weighted by Gasteiger charge is -2.17. The molecule has 4 rings (SSSR count). The smallest absolute Gasteiger partial charge is 0.407 e. The molecule has 1 atom stereocenters. The fraction of sp³-hybridized carbons (Fsp3) is 0.286. The molecule has 1 aliphatic heterocycles. The number of hydrogen-bond donors (Lipinski definition) is 1. The molecule has 0 unspecified atom stereocenters. The van der Waals surface area contributed by atoms with E-state index in [2.05, 4.69) is 45.5 Å². The molecule has 138 valence electrons. The van der Waals surface area contributed by atoms with Crippen LogP contribution in [0.4, 0.5) is 10.7 Å². The molecule has 1 aromatic heterocycles. The van der Waals surface area contributed by atoms with Crippen molar-refractivity contribution in [1.82, 2.24) is 15.3 Å². The van der Waals surface area contributed by atoms with Crippen molar-refractivity contribution in [2.24, 2.45) is 0 Å². The van der Waals surface area contributed by atoms with Gasteiger partial charge in [-0.3, -0.25) is 0 Å². The van der Waals surface area contributed by atoms with Crippen LogP contribution in [0.2, 0.25) is 0 Å². The Morgan fingerprint density at radius 1 is 1.22 bits per heavy atom. The summed E-state index contributed by atoms with van der Waals surface area (Å²) >= 11 is 0. The van der Waals surface area contributed by atoms with E-state index in [9.17, 15) is 4.79 Å². The van der Waals surface area contributed by atoms with Gasteiger partial charge in [-0.2, -0.15) is 0 Å². The molecule has 3 aromatic rings. The largest absolute Gasteiger partial charge is 0.450 e. The number of fused-ring (bicyclic) bond motifs is 1. The van der Waals surface area contributed by atoms with Gasteiger partial charge in [0.2, 0.25) is 5.95 Å². The number of benzene rings is 2. The summed E-state index contributed by atoms with van der Waals surface area (Å²) < 4.78 is 4.96. The van der Waals surface area contributed by atoms with Gasteiger partial charge in [-0.25, -0.2) is 14.8 Å². The highest BCUT2D eigenvalue weighted by Crippen LogP contribution is 2.25. The summed E-state index contributed by atoms with van der Waals surface area (Å²) in [5.41, 5.74) is 1.96. The third-order valence-corrected chi connectivity index (χ3v) is 4.76. The van der Waals surface area contributed by atoms with E-state index >= 15 is 0 Å². The average Bonchev–Trinajstić information content (AvgIpc) is 3.16. The lowest BCUT2D eigenvalue weighted by atomic mass is 10.1. The lowest BCUT2D eigenvalue weighted by Crippen LogP contribution is -2.37. The quantitative estimate of drug-likeness (QED) is 0.768. The highest BCUT2D eigenvalue weighted by molar-refractivity contribution is 5.86. The molecule has 1 amide bonds. The van der Waals surface area contributed by atoms with Crippen LogP contribution in [0, 0.1) is 0 Å². The Balaban J connectivity index is 1.51. The first-order valence-electron chi connectivity index (χ1n) is 9.23. The third-order valence-electron chi connectivity index (χ3n) is 4.76. The molecule has 1 saturated heterocycles. The summed E-state index contributed by atoms with van der Waals surface area (Å²) in [5, 5.41) is 5.29. The van der Waals surface area contributed by atoms with Crippen molar-refractivity contribution in [2.45, 2.75) is 19.4 Å². The second kappa shape index (κ2) is 7.61. The van der Waals surface area contributed by atoms with Crippen LogP contribution in [0.25, 0.3) is 22.0 Å². The number of alkyl carbamates (subject to hydrolysis) is 1. The van der Waals surface area contributed by atoms with Crippen LogP contribution in [-0.2, 0) is 4.74 Å². The summed E-state index contributed by atoms with van der Waals surface area (Å²) in [5.74, 6) is 0.689. The number of hydrogen-bond acceptors (Lipinski definition) is 5. The molecule has 0 bridgehead atoms. The fourth-order valence-corrected chi connectivity index (χ4v) is 3.41. The summed E-state index contributed by atoms with van der Waals surface area (Å²) in [6, 6.07) is 16.6. The van der Waals surface area contributed by atoms with Crippen LogP contribution in [0.3, 0.4) is 0 Å². The Kier molecular flexibility index (Phi) is 4.87. The average molecular weight is 362 g/mol. The van der Waals surface area contributed by atoms with Gasteiger partial charge in [0.05, 0.1) is 18.3 Å². The molecule has 1 N–H and O–H groups in total. The normalized spacial score (nSPS) is 16.5. The molecule has 2 aromatic carbocycles. The van der Waals surface area contributed by atoms with Crippen molar-refractivity contribution in [1.29, 1.82) is 0 Å². The minimum atomic E-state index is -0.366. The highest BCUT2D eigenvalue weighted by atomic mass is 16.5.